The van der Waals surface area contributed by atoms with Gasteiger partial charge in [0.2, 0.25) is 5.91 Å². The van der Waals surface area contributed by atoms with Crippen LogP contribution in [-0.4, -0.2) is 32.2 Å². The first kappa shape index (κ1) is 10.5. The summed E-state index contributed by atoms with van der Waals surface area (Å²) in [5.41, 5.74) is 5.58. The molecule has 0 aromatic heterocycles. The second-order valence-corrected chi connectivity index (χ2v) is 3.93. The maximum atomic E-state index is 11.1. The van der Waals surface area contributed by atoms with Crippen LogP contribution < -0.4 is 11.1 Å². The van der Waals surface area contributed by atoms with Gasteiger partial charge in [0.1, 0.15) is 6.61 Å². The minimum absolute atomic E-state index is 0.0402. The van der Waals surface area contributed by atoms with Gasteiger partial charge in [-0.25, -0.2) is 0 Å². The Kier molecular flexibility index (Phi) is 3.69. The number of hydrogen-bond donors (Lipinski definition) is 2. The predicted octanol–water partition coefficient (Wildman–Crippen LogP) is -0.122. The van der Waals surface area contributed by atoms with Crippen molar-refractivity contribution in [3.05, 3.63) is 0 Å². The maximum Gasteiger partial charge on any atom is 0.246 e. The van der Waals surface area contributed by atoms with Crippen LogP contribution in [0.4, 0.5) is 0 Å². The van der Waals surface area contributed by atoms with Gasteiger partial charge in [0.05, 0.1) is 6.61 Å². The quantitative estimate of drug-likeness (QED) is 0.568. The summed E-state index contributed by atoms with van der Waals surface area (Å²) < 4.78 is 4.99. The van der Waals surface area contributed by atoms with Gasteiger partial charge < -0.3 is 15.8 Å². The van der Waals surface area contributed by atoms with E-state index in [0.29, 0.717) is 18.6 Å². The molecule has 0 unspecified atom stereocenters. The van der Waals surface area contributed by atoms with Gasteiger partial charge in [0.25, 0.3) is 0 Å². The third-order valence-corrected chi connectivity index (χ3v) is 2.31. The zero-order valence-electron chi connectivity index (χ0n) is 8.14. The molecule has 3 N–H and O–H groups in total. The molecule has 76 valence electrons. The molecule has 0 atom stereocenters. The molecule has 1 rings (SSSR count). The van der Waals surface area contributed by atoms with Crippen molar-refractivity contribution >= 4 is 5.91 Å². The summed E-state index contributed by atoms with van der Waals surface area (Å²) in [6.45, 7) is 3.99. The third-order valence-electron chi connectivity index (χ3n) is 2.31. The molecular formula is C9H18N2O2. The minimum Gasteiger partial charge on any atom is -0.370 e. The SMILES string of the molecule is CC1(CNC(=O)COCCN)CC1. The fourth-order valence-electron chi connectivity index (χ4n) is 1.00. The number of amides is 1. The Morgan fingerprint density at radius 3 is 2.85 bits per heavy atom. The highest BCUT2D eigenvalue weighted by Gasteiger charge is 2.37. The van der Waals surface area contributed by atoms with Crippen molar-refractivity contribution in [1.29, 1.82) is 0 Å². The Hall–Kier alpha value is -0.610. The largest absolute Gasteiger partial charge is 0.370 e. The molecule has 1 fully saturated rings. The van der Waals surface area contributed by atoms with E-state index in [0.717, 1.165) is 6.54 Å². The van der Waals surface area contributed by atoms with Gasteiger partial charge in [0.15, 0.2) is 0 Å². The summed E-state index contributed by atoms with van der Waals surface area (Å²) in [5, 5.41) is 2.84. The Labute approximate surface area is 78.8 Å². The molecule has 0 aliphatic heterocycles. The summed E-state index contributed by atoms with van der Waals surface area (Å²) in [6.07, 6.45) is 2.44. The van der Waals surface area contributed by atoms with Gasteiger partial charge in [-0.05, 0) is 18.3 Å². The number of hydrogen-bond acceptors (Lipinski definition) is 3. The average Bonchev–Trinajstić information content (AvgIpc) is 2.82. The first-order chi connectivity index (χ1) is 6.16. The van der Waals surface area contributed by atoms with Crippen LogP contribution in [0.25, 0.3) is 0 Å². The lowest BCUT2D eigenvalue weighted by atomic mass is 10.1. The Balaban J connectivity index is 1.97. The smallest absolute Gasteiger partial charge is 0.246 e. The summed E-state index contributed by atoms with van der Waals surface area (Å²) in [5.74, 6) is -0.0402. The predicted molar refractivity (Wildman–Crippen MR) is 50.2 cm³/mol. The number of nitrogens with two attached hydrogens (primary N) is 1. The lowest BCUT2D eigenvalue weighted by Gasteiger charge is -2.09. The molecule has 1 amide bonds. The Morgan fingerprint density at radius 2 is 2.31 bits per heavy atom. The van der Waals surface area contributed by atoms with Crippen molar-refractivity contribution < 1.29 is 9.53 Å². The van der Waals surface area contributed by atoms with Crippen molar-refractivity contribution in [3.63, 3.8) is 0 Å². The van der Waals surface area contributed by atoms with Crippen LogP contribution in [0.3, 0.4) is 0 Å². The van der Waals surface area contributed by atoms with Gasteiger partial charge in [-0.15, -0.1) is 0 Å². The van der Waals surface area contributed by atoms with Gasteiger partial charge in [0, 0.05) is 13.1 Å². The van der Waals surface area contributed by atoms with Crippen molar-refractivity contribution in [1.82, 2.24) is 5.32 Å². The van der Waals surface area contributed by atoms with Crippen LogP contribution in [0.1, 0.15) is 19.8 Å². The van der Waals surface area contributed by atoms with Crippen molar-refractivity contribution in [2.45, 2.75) is 19.8 Å². The summed E-state index contributed by atoms with van der Waals surface area (Å²) >= 11 is 0. The molecule has 0 saturated heterocycles. The molecule has 0 aromatic carbocycles. The molecule has 0 bridgehead atoms. The summed E-state index contributed by atoms with van der Waals surface area (Å²) in [6, 6.07) is 0. The number of ether oxygens (including phenoxy) is 1. The van der Waals surface area contributed by atoms with E-state index in [2.05, 4.69) is 12.2 Å². The van der Waals surface area contributed by atoms with E-state index in [1.807, 2.05) is 0 Å². The molecule has 1 saturated carbocycles. The zero-order valence-corrected chi connectivity index (χ0v) is 8.14. The molecule has 0 heterocycles. The van der Waals surface area contributed by atoms with Gasteiger partial charge in [-0.3, -0.25) is 4.79 Å². The van der Waals surface area contributed by atoms with Crippen LogP contribution >= 0.6 is 0 Å². The van der Waals surface area contributed by atoms with Gasteiger partial charge in [-0.2, -0.15) is 0 Å². The van der Waals surface area contributed by atoms with Gasteiger partial charge in [-0.1, -0.05) is 6.92 Å². The highest BCUT2D eigenvalue weighted by molar-refractivity contribution is 5.77. The standard InChI is InChI=1S/C9H18N2O2/c1-9(2-3-9)7-11-8(12)6-13-5-4-10/h2-7,10H2,1H3,(H,11,12). The number of nitrogens with one attached hydrogen (secondary N) is 1. The topological polar surface area (TPSA) is 64.3 Å². The fraction of sp³-hybridized carbons (Fsp3) is 0.889. The second kappa shape index (κ2) is 4.58. The van der Waals surface area contributed by atoms with E-state index in [4.69, 9.17) is 10.5 Å². The van der Waals surface area contributed by atoms with Crippen molar-refractivity contribution in [2.24, 2.45) is 11.1 Å². The van der Waals surface area contributed by atoms with E-state index >= 15 is 0 Å². The lowest BCUT2D eigenvalue weighted by Crippen LogP contribution is -2.32. The highest BCUT2D eigenvalue weighted by Crippen LogP contribution is 2.43. The molecule has 13 heavy (non-hydrogen) atoms. The monoisotopic (exact) mass is 186 g/mol. The van der Waals surface area contributed by atoms with Gasteiger partial charge >= 0.3 is 0 Å². The third kappa shape index (κ3) is 4.24. The molecular weight excluding hydrogens is 168 g/mol. The lowest BCUT2D eigenvalue weighted by molar-refractivity contribution is -0.125. The fourth-order valence-corrected chi connectivity index (χ4v) is 1.00. The van der Waals surface area contributed by atoms with Crippen LogP contribution in [0.5, 0.6) is 0 Å². The van der Waals surface area contributed by atoms with Crippen molar-refractivity contribution in [2.75, 3.05) is 26.3 Å². The zero-order chi connectivity index (χ0) is 9.73. The number of carbonyl (C=O) groups excluding carboxylic acids is 1. The Morgan fingerprint density at radius 1 is 1.62 bits per heavy atom. The van der Waals surface area contributed by atoms with E-state index < -0.39 is 0 Å². The van der Waals surface area contributed by atoms with Crippen LogP contribution in [0.15, 0.2) is 0 Å². The van der Waals surface area contributed by atoms with E-state index in [1.54, 1.807) is 0 Å². The Bertz CT molecular complexity index is 178. The van der Waals surface area contributed by atoms with Crippen LogP contribution in [0.2, 0.25) is 0 Å². The molecule has 4 heteroatoms. The molecule has 1 aliphatic rings. The average molecular weight is 186 g/mol. The molecule has 0 aromatic rings. The van der Waals surface area contributed by atoms with Crippen LogP contribution in [-0.2, 0) is 9.53 Å². The van der Waals surface area contributed by atoms with Crippen molar-refractivity contribution in [3.8, 4) is 0 Å². The molecule has 4 nitrogen and oxygen atoms in total. The summed E-state index contributed by atoms with van der Waals surface area (Å²) in [7, 11) is 0. The maximum absolute atomic E-state index is 11.1. The number of rotatable bonds is 6. The van der Waals surface area contributed by atoms with E-state index in [1.165, 1.54) is 12.8 Å². The van der Waals surface area contributed by atoms with E-state index in [-0.39, 0.29) is 12.5 Å². The molecule has 0 radical (unpaired) electrons. The normalized spacial score (nSPS) is 18.3. The van der Waals surface area contributed by atoms with Crippen LogP contribution in [0, 0.1) is 5.41 Å². The molecule has 1 aliphatic carbocycles. The number of carbonyl (C=O) groups is 1. The second-order valence-electron chi connectivity index (χ2n) is 3.93. The molecule has 0 spiro atoms. The first-order valence-corrected chi connectivity index (χ1v) is 4.71. The minimum atomic E-state index is -0.0402. The highest BCUT2D eigenvalue weighted by atomic mass is 16.5. The first-order valence-electron chi connectivity index (χ1n) is 4.71. The van der Waals surface area contributed by atoms with E-state index in [9.17, 15) is 4.79 Å². The summed E-state index contributed by atoms with van der Waals surface area (Å²) in [4.78, 5) is 11.1.